The summed E-state index contributed by atoms with van der Waals surface area (Å²) in [5, 5.41) is 1.24. The average molecular weight is 219 g/mol. The molecule has 0 aliphatic carbocycles. The zero-order valence-electron chi connectivity index (χ0n) is 9.30. The van der Waals surface area contributed by atoms with Crippen LogP contribution >= 0.6 is 0 Å². The molecule has 1 aromatic heterocycles. The van der Waals surface area contributed by atoms with Gasteiger partial charge in [-0.2, -0.15) is 0 Å². The Morgan fingerprint density at radius 2 is 1.76 bits per heavy atom. The van der Waals surface area contributed by atoms with Gasteiger partial charge in [-0.05, 0) is 17.1 Å². The maximum absolute atomic E-state index is 4.50. The standard InChI is InChI=1S/C15H11N2/c1-2-6-12-11(5-1)9-17-10-16-14-8-4-3-7-13(14)15(12)17/h1-8,10H,9H2/q+1. The monoisotopic (exact) mass is 219 g/mol. The zero-order valence-corrected chi connectivity index (χ0v) is 9.30. The van der Waals surface area contributed by atoms with Crippen LogP contribution in [0.3, 0.4) is 0 Å². The second kappa shape index (κ2) is 3.14. The van der Waals surface area contributed by atoms with Crippen LogP contribution in [0.1, 0.15) is 5.56 Å². The third kappa shape index (κ3) is 1.15. The van der Waals surface area contributed by atoms with Crippen molar-refractivity contribution in [2.45, 2.75) is 6.54 Å². The fourth-order valence-corrected chi connectivity index (χ4v) is 2.62. The van der Waals surface area contributed by atoms with E-state index in [1.54, 1.807) is 0 Å². The van der Waals surface area contributed by atoms with E-state index in [0.717, 1.165) is 12.1 Å². The number of hydrogen-bond donors (Lipinski definition) is 0. The highest BCUT2D eigenvalue weighted by Gasteiger charge is 2.25. The molecule has 0 saturated heterocycles. The number of rotatable bonds is 0. The van der Waals surface area contributed by atoms with Gasteiger partial charge in [0.15, 0.2) is 5.52 Å². The first-order valence-electron chi connectivity index (χ1n) is 5.79. The molecule has 4 rings (SSSR count). The molecular weight excluding hydrogens is 208 g/mol. The van der Waals surface area contributed by atoms with E-state index in [4.69, 9.17) is 0 Å². The maximum Gasteiger partial charge on any atom is 0.287 e. The molecule has 0 bridgehead atoms. The van der Waals surface area contributed by atoms with Gasteiger partial charge in [-0.15, -0.1) is 0 Å². The van der Waals surface area contributed by atoms with Crippen molar-refractivity contribution in [2.75, 3.05) is 0 Å². The molecule has 0 fully saturated rings. The summed E-state index contributed by atoms with van der Waals surface area (Å²) in [6, 6.07) is 16.9. The van der Waals surface area contributed by atoms with Crippen molar-refractivity contribution in [3.8, 4) is 11.3 Å². The van der Waals surface area contributed by atoms with Gasteiger partial charge in [0.05, 0.1) is 5.39 Å². The largest absolute Gasteiger partial charge is 0.287 e. The van der Waals surface area contributed by atoms with Crippen LogP contribution in [0.5, 0.6) is 0 Å². The summed E-state index contributed by atoms with van der Waals surface area (Å²) in [5.41, 5.74) is 5.08. The zero-order chi connectivity index (χ0) is 11.2. The van der Waals surface area contributed by atoms with Gasteiger partial charge in [-0.3, -0.25) is 0 Å². The van der Waals surface area contributed by atoms with Crippen LogP contribution in [0.4, 0.5) is 0 Å². The number of aromatic nitrogens is 2. The number of benzene rings is 2. The van der Waals surface area contributed by atoms with E-state index in [0.29, 0.717) is 0 Å². The van der Waals surface area contributed by atoms with Gasteiger partial charge >= 0.3 is 0 Å². The lowest BCUT2D eigenvalue weighted by Crippen LogP contribution is -2.32. The number of nitrogens with zero attached hydrogens (tertiary/aromatic N) is 2. The van der Waals surface area contributed by atoms with Crippen molar-refractivity contribution in [1.29, 1.82) is 0 Å². The first-order chi connectivity index (χ1) is 8.43. The van der Waals surface area contributed by atoms with Gasteiger partial charge in [0, 0.05) is 11.1 Å². The van der Waals surface area contributed by atoms with Crippen molar-refractivity contribution in [2.24, 2.45) is 0 Å². The van der Waals surface area contributed by atoms with Gasteiger partial charge in [-0.1, -0.05) is 36.4 Å². The third-order valence-electron chi connectivity index (χ3n) is 3.40. The highest BCUT2D eigenvalue weighted by atomic mass is 15.0. The van der Waals surface area contributed by atoms with E-state index in [1.165, 1.54) is 22.2 Å². The molecule has 3 aromatic rings. The average Bonchev–Trinajstić information content (AvgIpc) is 2.77. The predicted molar refractivity (Wildman–Crippen MR) is 66.5 cm³/mol. The Hall–Kier alpha value is -2.22. The molecule has 1 aliphatic heterocycles. The van der Waals surface area contributed by atoms with Crippen molar-refractivity contribution < 1.29 is 4.57 Å². The first-order valence-corrected chi connectivity index (χ1v) is 5.79. The molecule has 0 atom stereocenters. The Kier molecular flexibility index (Phi) is 1.64. The molecule has 80 valence electrons. The lowest BCUT2D eigenvalue weighted by atomic mass is 10.0. The SMILES string of the molecule is c1ccc2c(c1)C[n+]1cnc3ccccc3c1-2. The van der Waals surface area contributed by atoms with Gasteiger partial charge < -0.3 is 0 Å². The highest BCUT2D eigenvalue weighted by molar-refractivity contribution is 5.91. The molecule has 0 spiro atoms. The Balaban J connectivity index is 2.17. The molecule has 1 aliphatic rings. The van der Waals surface area contributed by atoms with Gasteiger partial charge in [0.1, 0.15) is 12.2 Å². The first kappa shape index (κ1) is 8.88. The smallest absolute Gasteiger partial charge is 0.225 e. The van der Waals surface area contributed by atoms with Gasteiger partial charge in [0.25, 0.3) is 6.33 Å². The topological polar surface area (TPSA) is 16.8 Å². The molecule has 0 unspecified atom stereocenters. The summed E-state index contributed by atoms with van der Waals surface area (Å²) < 4.78 is 2.23. The molecule has 0 amide bonds. The van der Waals surface area contributed by atoms with E-state index >= 15 is 0 Å². The number of para-hydroxylation sites is 1. The fourth-order valence-electron chi connectivity index (χ4n) is 2.62. The van der Waals surface area contributed by atoms with Crippen molar-refractivity contribution in [1.82, 2.24) is 4.98 Å². The van der Waals surface area contributed by atoms with E-state index in [9.17, 15) is 0 Å². The highest BCUT2D eigenvalue weighted by Crippen LogP contribution is 2.30. The van der Waals surface area contributed by atoms with Crippen molar-refractivity contribution in [3.63, 3.8) is 0 Å². The van der Waals surface area contributed by atoms with Crippen LogP contribution in [0, 0.1) is 0 Å². The minimum atomic E-state index is 0.934. The quantitative estimate of drug-likeness (QED) is 0.415. The summed E-state index contributed by atoms with van der Waals surface area (Å²) in [6.45, 7) is 0.934. The van der Waals surface area contributed by atoms with Gasteiger partial charge in [0.2, 0.25) is 0 Å². The molecule has 2 heteroatoms. The van der Waals surface area contributed by atoms with Crippen LogP contribution in [0.15, 0.2) is 54.9 Å². The normalized spacial score (nSPS) is 12.5. The van der Waals surface area contributed by atoms with Crippen LogP contribution in [0.2, 0.25) is 0 Å². The second-order valence-corrected chi connectivity index (χ2v) is 4.40. The summed E-state index contributed by atoms with van der Waals surface area (Å²) in [4.78, 5) is 4.50. The summed E-state index contributed by atoms with van der Waals surface area (Å²) in [6.07, 6.45) is 1.94. The van der Waals surface area contributed by atoms with Crippen LogP contribution in [-0.2, 0) is 6.54 Å². The molecule has 2 aromatic carbocycles. The molecule has 2 heterocycles. The van der Waals surface area contributed by atoms with E-state index in [2.05, 4.69) is 52.0 Å². The number of hydrogen-bond acceptors (Lipinski definition) is 1. The minimum Gasteiger partial charge on any atom is -0.225 e. The maximum atomic E-state index is 4.50. The molecule has 17 heavy (non-hydrogen) atoms. The minimum absolute atomic E-state index is 0.934. The van der Waals surface area contributed by atoms with Crippen molar-refractivity contribution >= 4 is 10.9 Å². The fraction of sp³-hybridized carbons (Fsp3) is 0.0667. The lowest BCUT2D eigenvalue weighted by molar-refractivity contribution is -0.673. The Morgan fingerprint density at radius 3 is 2.76 bits per heavy atom. The summed E-state index contributed by atoms with van der Waals surface area (Å²) in [5.74, 6) is 0. The van der Waals surface area contributed by atoms with Crippen LogP contribution in [0.25, 0.3) is 22.2 Å². The molecular formula is C15H11N2+. The summed E-state index contributed by atoms with van der Waals surface area (Å²) >= 11 is 0. The Morgan fingerprint density at radius 1 is 0.941 bits per heavy atom. The van der Waals surface area contributed by atoms with Crippen LogP contribution in [-0.4, -0.2) is 4.98 Å². The van der Waals surface area contributed by atoms with E-state index < -0.39 is 0 Å². The van der Waals surface area contributed by atoms with E-state index in [1.807, 2.05) is 12.4 Å². The second-order valence-electron chi connectivity index (χ2n) is 4.40. The van der Waals surface area contributed by atoms with E-state index in [-0.39, 0.29) is 0 Å². The Bertz CT molecular complexity index is 732. The van der Waals surface area contributed by atoms with Gasteiger partial charge in [-0.25, -0.2) is 4.57 Å². The van der Waals surface area contributed by atoms with Crippen molar-refractivity contribution in [3.05, 3.63) is 60.4 Å². The molecule has 0 radical (unpaired) electrons. The molecule has 2 nitrogen and oxygen atoms in total. The number of fused-ring (bicyclic) bond motifs is 5. The molecule has 0 saturated carbocycles. The predicted octanol–water partition coefficient (Wildman–Crippen LogP) is 2.55. The summed E-state index contributed by atoms with van der Waals surface area (Å²) in [7, 11) is 0. The lowest BCUT2D eigenvalue weighted by Gasteiger charge is -1.99. The van der Waals surface area contributed by atoms with Crippen LogP contribution < -0.4 is 4.57 Å². The third-order valence-corrected chi connectivity index (χ3v) is 3.40. The molecule has 0 N–H and O–H groups in total. The Labute approximate surface area is 99.2 Å².